The number of ether oxygens (including phenoxy) is 5. The third-order valence-electron chi connectivity index (χ3n) is 4.42. The van der Waals surface area contributed by atoms with Gasteiger partial charge in [0.25, 0.3) is 0 Å². The first-order chi connectivity index (χ1) is 15.6. The third-order valence-corrected chi connectivity index (χ3v) is 4.42. The van der Waals surface area contributed by atoms with Gasteiger partial charge in [0, 0.05) is 12.8 Å². The van der Waals surface area contributed by atoms with E-state index in [4.69, 9.17) is 29.4 Å². The number of carboxylic acid groups (broad SMARTS) is 1. The van der Waals surface area contributed by atoms with Crippen LogP contribution < -0.4 is 15.2 Å². The van der Waals surface area contributed by atoms with Crippen molar-refractivity contribution in [3.05, 3.63) is 23.8 Å². The fourth-order valence-corrected chi connectivity index (χ4v) is 2.90. The second-order valence-corrected chi connectivity index (χ2v) is 7.28. The van der Waals surface area contributed by atoms with E-state index in [1.54, 1.807) is 13.8 Å². The Hall–Kier alpha value is -3.05. The van der Waals surface area contributed by atoms with Gasteiger partial charge in [0.1, 0.15) is 6.04 Å². The zero-order valence-corrected chi connectivity index (χ0v) is 20.4. The minimum absolute atomic E-state index is 0. The average Bonchev–Trinajstić information content (AvgIpc) is 2.76. The maximum Gasteiger partial charge on any atom is 0.513 e. The van der Waals surface area contributed by atoms with Crippen LogP contribution in [0.15, 0.2) is 18.2 Å². The molecule has 0 saturated carbocycles. The van der Waals surface area contributed by atoms with Crippen LogP contribution in [0.5, 0.6) is 11.5 Å². The highest BCUT2D eigenvalue weighted by molar-refractivity contribution is 5.85. The first-order valence-electron chi connectivity index (χ1n) is 10.6. The second-order valence-electron chi connectivity index (χ2n) is 7.28. The molecule has 1 rings (SSSR count). The summed E-state index contributed by atoms with van der Waals surface area (Å²) in [6.07, 6.45) is -0.896. The number of aliphatic carboxylic acids is 1. The Labute approximate surface area is 204 Å². The van der Waals surface area contributed by atoms with Gasteiger partial charge < -0.3 is 34.5 Å². The molecular weight excluding hydrogens is 474 g/mol. The lowest BCUT2D eigenvalue weighted by Crippen LogP contribution is -2.40. The van der Waals surface area contributed by atoms with Crippen molar-refractivity contribution in [1.82, 2.24) is 0 Å². The van der Waals surface area contributed by atoms with E-state index in [2.05, 4.69) is 0 Å². The van der Waals surface area contributed by atoms with Gasteiger partial charge in [-0.15, -0.1) is 12.4 Å². The molecule has 0 bridgehead atoms. The van der Waals surface area contributed by atoms with Crippen molar-refractivity contribution in [3.8, 4) is 11.5 Å². The number of carbonyl (C=O) groups excluding carboxylic acids is 3. The largest absolute Gasteiger partial charge is 0.513 e. The molecule has 34 heavy (non-hydrogen) atoms. The standard InChI is InChI=1S/C22H31NO10.ClH/c1-5-9-29-21(27)32-16-8-7-15(11-17(16)33-22(28)30-10-6-2)18(19(23)20(25)26)13(3)12-31-14(4)24;/h7-8,11,13,18-19H,5-6,9-10,12,23H2,1-4H3,(H,25,26);1H/t13-,18?,19-;/m0./s1. The molecule has 0 amide bonds. The van der Waals surface area contributed by atoms with Crippen LogP contribution in [0.3, 0.4) is 0 Å². The molecule has 192 valence electrons. The maximum atomic E-state index is 12.0. The number of hydrogen-bond acceptors (Lipinski definition) is 10. The summed E-state index contributed by atoms with van der Waals surface area (Å²) in [5.74, 6) is -3.48. The molecule has 0 fully saturated rings. The van der Waals surface area contributed by atoms with Crippen LogP contribution in [0.4, 0.5) is 9.59 Å². The van der Waals surface area contributed by atoms with E-state index >= 15 is 0 Å². The number of benzene rings is 1. The SMILES string of the molecule is CCCOC(=O)Oc1ccc(C([C@H](N)C(=O)O)[C@@H](C)COC(C)=O)cc1OC(=O)OCCC.Cl. The number of nitrogens with two attached hydrogens (primary N) is 1. The zero-order valence-electron chi connectivity index (χ0n) is 19.6. The van der Waals surface area contributed by atoms with E-state index in [0.717, 1.165) is 0 Å². The van der Waals surface area contributed by atoms with E-state index in [1.165, 1.54) is 25.1 Å². The van der Waals surface area contributed by atoms with Crippen molar-refractivity contribution in [1.29, 1.82) is 0 Å². The van der Waals surface area contributed by atoms with Gasteiger partial charge in [0.2, 0.25) is 0 Å². The van der Waals surface area contributed by atoms with Gasteiger partial charge in [-0.25, -0.2) is 9.59 Å². The van der Waals surface area contributed by atoms with Gasteiger partial charge in [-0.1, -0.05) is 26.8 Å². The van der Waals surface area contributed by atoms with Crippen LogP contribution >= 0.6 is 12.4 Å². The lowest BCUT2D eigenvalue weighted by atomic mass is 9.82. The molecule has 0 heterocycles. The van der Waals surface area contributed by atoms with Crippen LogP contribution in [-0.4, -0.2) is 55.2 Å². The summed E-state index contributed by atoms with van der Waals surface area (Å²) in [6, 6.07) is 2.76. The summed E-state index contributed by atoms with van der Waals surface area (Å²) < 4.78 is 25.1. The second kappa shape index (κ2) is 15.7. The number of carboxylic acids is 1. The first kappa shape index (κ1) is 30.9. The van der Waals surface area contributed by atoms with Crippen molar-refractivity contribution in [2.45, 2.75) is 52.5 Å². The van der Waals surface area contributed by atoms with Crippen molar-refractivity contribution < 1.29 is 48.0 Å². The number of rotatable bonds is 12. The van der Waals surface area contributed by atoms with Crippen LogP contribution in [0.1, 0.15) is 52.0 Å². The minimum Gasteiger partial charge on any atom is -0.480 e. The summed E-state index contributed by atoms with van der Waals surface area (Å²) in [4.78, 5) is 46.7. The molecule has 3 atom stereocenters. The van der Waals surface area contributed by atoms with E-state index in [9.17, 15) is 24.3 Å². The summed E-state index contributed by atoms with van der Waals surface area (Å²) in [7, 11) is 0. The van der Waals surface area contributed by atoms with Crippen LogP contribution in [0, 0.1) is 5.92 Å². The first-order valence-corrected chi connectivity index (χ1v) is 10.6. The van der Waals surface area contributed by atoms with E-state index < -0.39 is 42.1 Å². The fourth-order valence-electron chi connectivity index (χ4n) is 2.90. The Balaban J connectivity index is 0.0000109. The van der Waals surface area contributed by atoms with E-state index in [1.807, 2.05) is 6.92 Å². The Morgan fingerprint density at radius 3 is 1.94 bits per heavy atom. The molecule has 0 aromatic heterocycles. The van der Waals surface area contributed by atoms with E-state index in [0.29, 0.717) is 18.4 Å². The van der Waals surface area contributed by atoms with Gasteiger partial charge in [0.15, 0.2) is 11.5 Å². The fraction of sp³-hybridized carbons (Fsp3) is 0.545. The van der Waals surface area contributed by atoms with Crippen LogP contribution in [0.25, 0.3) is 0 Å². The number of esters is 1. The quantitative estimate of drug-likeness (QED) is 0.242. The predicted molar refractivity (Wildman–Crippen MR) is 122 cm³/mol. The molecule has 0 saturated heterocycles. The molecule has 12 heteroatoms. The highest BCUT2D eigenvalue weighted by Crippen LogP contribution is 2.36. The topological polar surface area (TPSA) is 161 Å². The monoisotopic (exact) mass is 505 g/mol. The summed E-state index contributed by atoms with van der Waals surface area (Å²) in [5, 5.41) is 9.48. The van der Waals surface area contributed by atoms with Crippen LogP contribution in [0.2, 0.25) is 0 Å². The summed E-state index contributed by atoms with van der Waals surface area (Å²) >= 11 is 0. The Kier molecular flexibility index (Phi) is 14.3. The van der Waals surface area contributed by atoms with Gasteiger partial charge in [-0.3, -0.25) is 9.59 Å². The lowest BCUT2D eigenvalue weighted by Gasteiger charge is -2.27. The highest BCUT2D eigenvalue weighted by Gasteiger charge is 2.32. The van der Waals surface area contributed by atoms with Gasteiger partial charge >= 0.3 is 24.2 Å². The molecule has 3 N–H and O–H groups in total. The molecule has 1 unspecified atom stereocenters. The molecule has 0 aliphatic carbocycles. The lowest BCUT2D eigenvalue weighted by molar-refractivity contribution is -0.142. The molecule has 0 spiro atoms. The van der Waals surface area contributed by atoms with Crippen molar-refractivity contribution in [2.75, 3.05) is 19.8 Å². The van der Waals surface area contributed by atoms with Crippen LogP contribution in [-0.2, 0) is 23.8 Å². The smallest absolute Gasteiger partial charge is 0.480 e. The van der Waals surface area contributed by atoms with Gasteiger partial charge in [-0.2, -0.15) is 0 Å². The third kappa shape index (κ3) is 10.3. The highest BCUT2D eigenvalue weighted by atomic mass is 35.5. The molecule has 1 aromatic carbocycles. The van der Waals surface area contributed by atoms with E-state index in [-0.39, 0.29) is 43.7 Å². The number of halogens is 1. The minimum atomic E-state index is -1.36. The predicted octanol–water partition coefficient (Wildman–Crippen LogP) is 3.65. The molecule has 0 aliphatic heterocycles. The molecule has 0 radical (unpaired) electrons. The Bertz CT molecular complexity index is 832. The molecule has 11 nitrogen and oxygen atoms in total. The Morgan fingerprint density at radius 2 is 1.47 bits per heavy atom. The molecule has 1 aromatic rings. The number of carbonyl (C=O) groups is 4. The summed E-state index contributed by atoms with van der Waals surface area (Å²) in [6.45, 7) is 6.67. The number of hydrogen-bond donors (Lipinski definition) is 2. The normalized spacial score (nSPS) is 12.9. The van der Waals surface area contributed by atoms with Crippen molar-refractivity contribution in [2.24, 2.45) is 11.7 Å². The van der Waals surface area contributed by atoms with Gasteiger partial charge in [0.05, 0.1) is 19.8 Å². The maximum absolute atomic E-state index is 12.0. The van der Waals surface area contributed by atoms with Crippen molar-refractivity contribution in [3.63, 3.8) is 0 Å². The molecule has 0 aliphatic rings. The molecular formula is C22H32ClNO10. The Morgan fingerprint density at radius 1 is 0.941 bits per heavy atom. The van der Waals surface area contributed by atoms with Gasteiger partial charge in [-0.05, 0) is 36.5 Å². The summed E-state index contributed by atoms with van der Waals surface area (Å²) in [5.41, 5.74) is 6.27. The zero-order chi connectivity index (χ0) is 25.0. The average molecular weight is 506 g/mol. The van der Waals surface area contributed by atoms with Crippen molar-refractivity contribution >= 4 is 36.7 Å².